The molecule has 0 amide bonds. The van der Waals surface area contributed by atoms with Gasteiger partial charge in [0.25, 0.3) is 0 Å². The minimum absolute atomic E-state index is 0.338. The van der Waals surface area contributed by atoms with Gasteiger partial charge < -0.3 is 10.8 Å². The van der Waals surface area contributed by atoms with E-state index in [9.17, 15) is 4.39 Å². The largest absolute Gasteiger partial charge is 0.505 e. The lowest BCUT2D eigenvalue weighted by Gasteiger charge is -2.15. The number of nitrogens with two attached hydrogens (primary N) is 1. The molecule has 0 saturated carbocycles. The molecule has 1 unspecified atom stereocenters. The average molecular weight is 180 g/mol. The van der Waals surface area contributed by atoms with Crippen molar-refractivity contribution in [3.8, 4) is 11.8 Å². The van der Waals surface area contributed by atoms with Gasteiger partial charge in [-0.2, -0.15) is 5.26 Å². The zero-order chi connectivity index (χ0) is 10.1. The number of hydrogen-bond acceptors (Lipinski definition) is 3. The normalized spacial score (nSPS) is 14.6. The number of nitrogens with zero attached hydrogens (tertiary/aromatic N) is 1. The van der Waals surface area contributed by atoms with Crippen LogP contribution in [0.15, 0.2) is 18.2 Å². The van der Waals surface area contributed by atoms with Gasteiger partial charge in [-0.15, -0.1) is 0 Å². The van der Waals surface area contributed by atoms with Crippen LogP contribution in [-0.2, 0) is 5.54 Å². The number of nitriles is 1. The van der Waals surface area contributed by atoms with Gasteiger partial charge in [0.1, 0.15) is 5.54 Å². The molecule has 0 aromatic heterocycles. The summed E-state index contributed by atoms with van der Waals surface area (Å²) in [6.07, 6.45) is 0. The van der Waals surface area contributed by atoms with Crippen LogP contribution >= 0.6 is 0 Å². The van der Waals surface area contributed by atoms with E-state index in [1.807, 2.05) is 6.07 Å². The van der Waals surface area contributed by atoms with Crippen molar-refractivity contribution < 1.29 is 9.50 Å². The summed E-state index contributed by atoms with van der Waals surface area (Å²) in [5.41, 5.74) is 4.66. The first-order chi connectivity index (χ1) is 5.97. The van der Waals surface area contributed by atoms with Crippen molar-refractivity contribution in [2.24, 2.45) is 5.73 Å². The molecular formula is C9H9FN2O. The second-order valence-electron chi connectivity index (χ2n) is 2.98. The molecule has 3 N–H and O–H groups in total. The highest BCUT2D eigenvalue weighted by Gasteiger charge is 2.21. The summed E-state index contributed by atoms with van der Waals surface area (Å²) in [5.74, 6) is -1.22. The van der Waals surface area contributed by atoms with Crippen molar-refractivity contribution in [3.05, 3.63) is 29.6 Å². The number of hydrogen-bond donors (Lipinski definition) is 2. The molecule has 0 aliphatic rings. The van der Waals surface area contributed by atoms with Gasteiger partial charge in [0.05, 0.1) is 6.07 Å². The van der Waals surface area contributed by atoms with Crippen molar-refractivity contribution in [3.63, 3.8) is 0 Å². The molecule has 68 valence electrons. The Morgan fingerprint density at radius 1 is 1.62 bits per heavy atom. The Morgan fingerprint density at radius 2 is 2.23 bits per heavy atom. The van der Waals surface area contributed by atoms with Crippen LogP contribution in [0.4, 0.5) is 4.39 Å². The molecule has 1 aromatic carbocycles. The summed E-state index contributed by atoms with van der Waals surface area (Å²) >= 11 is 0. The molecule has 13 heavy (non-hydrogen) atoms. The van der Waals surface area contributed by atoms with Crippen LogP contribution in [0.2, 0.25) is 0 Å². The van der Waals surface area contributed by atoms with Crippen molar-refractivity contribution in [1.29, 1.82) is 5.26 Å². The number of halogens is 1. The fourth-order valence-corrected chi connectivity index (χ4v) is 0.894. The van der Waals surface area contributed by atoms with Gasteiger partial charge in [0.2, 0.25) is 0 Å². The predicted octanol–water partition coefficient (Wildman–Crippen LogP) is 1.23. The van der Waals surface area contributed by atoms with E-state index in [4.69, 9.17) is 16.1 Å². The maximum Gasteiger partial charge on any atom is 0.165 e. The number of rotatable bonds is 1. The van der Waals surface area contributed by atoms with Crippen molar-refractivity contribution >= 4 is 0 Å². The summed E-state index contributed by atoms with van der Waals surface area (Å²) in [4.78, 5) is 0. The lowest BCUT2D eigenvalue weighted by Crippen LogP contribution is -2.30. The smallest absolute Gasteiger partial charge is 0.165 e. The van der Waals surface area contributed by atoms with Crippen LogP contribution in [0.25, 0.3) is 0 Å². The van der Waals surface area contributed by atoms with Gasteiger partial charge in [0.15, 0.2) is 11.6 Å². The summed E-state index contributed by atoms with van der Waals surface area (Å²) in [6, 6.07) is 5.48. The maximum absolute atomic E-state index is 12.8. The third-order valence-electron chi connectivity index (χ3n) is 1.78. The van der Waals surface area contributed by atoms with Crippen molar-refractivity contribution in [2.75, 3.05) is 0 Å². The zero-order valence-corrected chi connectivity index (χ0v) is 7.08. The highest BCUT2D eigenvalue weighted by atomic mass is 19.1. The number of phenols is 1. The Hall–Kier alpha value is -1.60. The number of aromatic hydroxyl groups is 1. The first-order valence-electron chi connectivity index (χ1n) is 3.66. The van der Waals surface area contributed by atoms with Crippen LogP contribution in [0, 0.1) is 17.1 Å². The highest BCUT2D eigenvalue weighted by molar-refractivity contribution is 5.35. The molecule has 1 atom stereocenters. The molecule has 1 aromatic rings. The van der Waals surface area contributed by atoms with Crippen LogP contribution < -0.4 is 5.73 Å². The summed E-state index contributed by atoms with van der Waals surface area (Å²) in [7, 11) is 0. The third-order valence-corrected chi connectivity index (χ3v) is 1.78. The Kier molecular flexibility index (Phi) is 2.22. The molecular weight excluding hydrogens is 171 g/mol. The fourth-order valence-electron chi connectivity index (χ4n) is 0.894. The molecule has 0 aliphatic heterocycles. The molecule has 0 heterocycles. The molecule has 0 saturated heterocycles. The van der Waals surface area contributed by atoms with Gasteiger partial charge in [-0.3, -0.25) is 0 Å². The van der Waals surface area contributed by atoms with E-state index in [0.717, 1.165) is 6.07 Å². The molecule has 3 nitrogen and oxygen atoms in total. The summed E-state index contributed by atoms with van der Waals surface area (Å²) in [5, 5.41) is 17.5. The maximum atomic E-state index is 12.8. The van der Waals surface area contributed by atoms with Gasteiger partial charge in [-0.25, -0.2) is 4.39 Å². The molecule has 0 spiro atoms. The third kappa shape index (κ3) is 1.76. The number of benzene rings is 1. The van der Waals surface area contributed by atoms with E-state index in [1.54, 1.807) is 0 Å². The van der Waals surface area contributed by atoms with Gasteiger partial charge in [-0.1, -0.05) is 6.07 Å². The highest BCUT2D eigenvalue weighted by Crippen LogP contribution is 2.22. The topological polar surface area (TPSA) is 70.0 Å². The van der Waals surface area contributed by atoms with E-state index < -0.39 is 17.1 Å². The fraction of sp³-hybridized carbons (Fsp3) is 0.222. The van der Waals surface area contributed by atoms with E-state index >= 15 is 0 Å². The van der Waals surface area contributed by atoms with Gasteiger partial charge in [0, 0.05) is 0 Å². The second kappa shape index (κ2) is 3.04. The first-order valence-corrected chi connectivity index (χ1v) is 3.66. The van der Waals surface area contributed by atoms with E-state index in [0.29, 0.717) is 5.56 Å². The van der Waals surface area contributed by atoms with Crippen LogP contribution in [0.5, 0.6) is 5.75 Å². The predicted molar refractivity (Wildman–Crippen MR) is 45.2 cm³/mol. The molecule has 0 aliphatic carbocycles. The molecule has 0 radical (unpaired) electrons. The SMILES string of the molecule is CC(N)(C#N)c1ccc(O)c(F)c1. The first kappa shape index (κ1) is 9.49. The quantitative estimate of drug-likeness (QED) is 0.682. The summed E-state index contributed by atoms with van der Waals surface area (Å²) in [6.45, 7) is 1.47. The Morgan fingerprint density at radius 3 is 2.69 bits per heavy atom. The number of phenolic OH excluding ortho intramolecular Hbond substituents is 1. The minimum Gasteiger partial charge on any atom is -0.505 e. The van der Waals surface area contributed by atoms with Crippen molar-refractivity contribution in [2.45, 2.75) is 12.5 Å². The minimum atomic E-state index is -1.23. The van der Waals surface area contributed by atoms with E-state index in [1.165, 1.54) is 19.1 Å². The van der Waals surface area contributed by atoms with E-state index in [-0.39, 0.29) is 0 Å². The van der Waals surface area contributed by atoms with Crippen LogP contribution in [0.1, 0.15) is 12.5 Å². The molecule has 1 rings (SSSR count). The lowest BCUT2D eigenvalue weighted by molar-refractivity contribution is 0.430. The van der Waals surface area contributed by atoms with Crippen LogP contribution in [-0.4, -0.2) is 5.11 Å². The van der Waals surface area contributed by atoms with Crippen molar-refractivity contribution in [1.82, 2.24) is 0 Å². The Balaban J connectivity index is 3.20. The average Bonchev–Trinajstić information content (AvgIpc) is 2.09. The van der Waals surface area contributed by atoms with Gasteiger partial charge in [-0.05, 0) is 24.6 Å². The summed E-state index contributed by atoms with van der Waals surface area (Å²) < 4.78 is 12.8. The van der Waals surface area contributed by atoms with E-state index in [2.05, 4.69) is 0 Å². The molecule has 0 bridgehead atoms. The Bertz CT molecular complexity index is 368. The van der Waals surface area contributed by atoms with Gasteiger partial charge >= 0.3 is 0 Å². The zero-order valence-electron chi connectivity index (χ0n) is 7.08. The lowest BCUT2D eigenvalue weighted by atomic mass is 9.95. The monoisotopic (exact) mass is 180 g/mol. The second-order valence-corrected chi connectivity index (χ2v) is 2.98. The Labute approximate surface area is 75.2 Å². The molecule has 4 heteroatoms. The molecule has 0 fully saturated rings. The standard InChI is InChI=1S/C9H9FN2O/c1-9(12,5-11)6-2-3-8(13)7(10)4-6/h2-4,13H,12H2,1H3. The van der Waals surface area contributed by atoms with Crippen LogP contribution in [0.3, 0.4) is 0 Å².